The number of likely N-dealkylation sites (N-methyl/N-ethyl adjacent to an activating group) is 1. The first kappa shape index (κ1) is 18.6. The molecule has 0 aromatic carbocycles. The minimum Gasteiger partial charge on any atom is -0.348 e. The molecule has 4 rings (SSSR count). The lowest BCUT2D eigenvalue weighted by Crippen LogP contribution is -2.52. The summed E-state index contributed by atoms with van der Waals surface area (Å²) in [7, 11) is 2.23. The van der Waals surface area contributed by atoms with Crippen LogP contribution >= 0.6 is 0 Å². The Balaban J connectivity index is 1.41. The number of rotatable bonds is 5. The van der Waals surface area contributed by atoms with Crippen molar-refractivity contribution in [3.63, 3.8) is 0 Å². The van der Waals surface area contributed by atoms with E-state index in [2.05, 4.69) is 34.5 Å². The van der Waals surface area contributed by atoms with Crippen molar-refractivity contribution in [2.24, 2.45) is 5.92 Å². The van der Waals surface area contributed by atoms with E-state index in [9.17, 15) is 4.79 Å². The van der Waals surface area contributed by atoms with Gasteiger partial charge in [-0.1, -0.05) is 6.58 Å². The van der Waals surface area contributed by atoms with Gasteiger partial charge in [0.25, 0.3) is 0 Å². The Morgan fingerprint density at radius 3 is 2.44 bits per heavy atom. The monoisotopic (exact) mass is 368 g/mol. The van der Waals surface area contributed by atoms with Crippen molar-refractivity contribution in [3.8, 4) is 0 Å². The van der Waals surface area contributed by atoms with Crippen LogP contribution < -0.4 is 4.90 Å². The van der Waals surface area contributed by atoms with Gasteiger partial charge >= 0.3 is 0 Å². The molecule has 0 amide bonds. The largest absolute Gasteiger partial charge is 0.348 e. The fraction of sp³-hybridized carbons (Fsp3) is 0.682. The number of anilines is 1. The number of allylic oxidation sites excluding steroid dienone is 1. The van der Waals surface area contributed by atoms with Crippen LogP contribution in [-0.4, -0.2) is 52.9 Å². The van der Waals surface area contributed by atoms with E-state index in [1.807, 2.05) is 13.1 Å². The number of ketones is 1. The smallest absolute Gasteiger partial charge is 0.158 e. The lowest BCUT2D eigenvalue weighted by atomic mass is 9.79. The van der Waals surface area contributed by atoms with Gasteiger partial charge in [0.2, 0.25) is 0 Å². The Labute approximate surface area is 162 Å². The summed E-state index contributed by atoms with van der Waals surface area (Å²) in [6, 6.07) is 3.29. The fourth-order valence-corrected chi connectivity index (χ4v) is 5.25. The highest BCUT2D eigenvalue weighted by atomic mass is 16.1. The van der Waals surface area contributed by atoms with Gasteiger partial charge in [-0.2, -0.15) is 0 Å². The van der Waals surface area contributed by atoms with Gasteiger partial charge in [0.15, 0.2) is 5.78 Å². The molecule has 3 fully saturated rings. The molecule has 2 atom stereocenters. The Kier molecular flexibility index (Phi) is 5.31. The van der Waals surface area contributed by atoms with Crippen LogP contribution in [0.25, 0.3) is 0 Å². The molecule has 2 aliphatic heterocycles. The molecule has 1 aliphatic carbocycles. The van der Waals surface area contributed by atoms with Crippen molar-refractivity contribution in [2.75, 3.05) is 25.0 Å². The van der Waals surface area contributed by atoms with E-state index in [0.717, 1.165) is 50.4 Å². The average Bonchev–Trinajstić information content (AvgIpc) is 2.93. The topological polar surface area (TPSA) is 49.3 Å². The lowest BCUT2D eigenvalue weighted by molar-refractivity contribution is -0.116. The summed E-state index contributed by atoms with van der Waals surface area (Å²) in [5, 5.41) is 0. The van der Waals surface area contributed by atoms with Gasteiger partial charge in [0.05, 0.1) is 0 Å². The Hall–Kier alpha value is -1.75. The molecule has 146 valence electrons. The number of carbonyl (C=O) groups is 1. The Morgan fingerprint density at radius 1 is 1.15 bits per heavy atom. The number of carbonyl (C=O) groups excluding carboxylic acids is 1. The second-order valence-electron chi connectivity index (χ2n) is 8.91. The van der Waals surface area contributed by atoms with Crippen LogP contribution in [0.2, 0.25) is 0 Å². The fourth-order valence-electron chi connectivity index (χ4n) is 5.25. The first-order valence-electron chi connectivity index (χ1n) is 10.5. The van der Waals surface area contributed by atoms with Crippen molar-refractivity contribution in [1.29, 1.82) is 0 Å². The molecule has 5 nitrogen and oxygen atoms in total. The maximum atomic E-state index is 11.9. The maximum Gasteiger partial charge on any atom is 0.158 e. The van der Waals surface area contributed by atoms with Crippen LogP contribution in [0.5, 0.6) is 0 Å². The molecule has 27 heavy (non-hydrogen) atoms. The predicted octanol–water partition coefficient (Wildman–Crippen LogP) is 3.57. The molecule has 2 unspecified atom stereocenters. The van der Waals surface area contributed by atoms with Crippen LogP contribution in [0, 0.1) is 5.92 Å². The molecule has 0 radical (unpaired) electrons. The number of aromatic nitrogens is 2. The third-order valence-corrected chi connectivity index (χ3v) is 6.75. The van der Waals surface area contributed by atoms with Gasteiger partial charge in [0, 0.05) is 43.7 Å². The predicted molar refractivity (Wildman–Crippen MR) is 108 cm³/mol. The zero-order valence-corrected chi connectivity index (χ0v) is 16.7. The summed E-state index contributed by atoms with van der Waals surface area (Å²) in [4.78, 5) is 26.6. The lowest BCUT2D eigenvalue weighted by Gasteiger charge is -2.40. The summed E-state index contributed by atoms with van der Waals surface area (Å²) < 4.78 is 0. The zero-order chi connectivity index (χ0) is 19.0. The molecule has 2 bridgehead atoms. The molecule has 2 saturated heterocycles. The third-order valence-electron chi connectivity index (χ3n) is 6.75. The van der Waals surface area contributed by atoms with Crippen LogP contribution in [0.4, 0.5) is 5.82 Å². The Bertz CT molecular complexity index is 696. The van der Waals surface area contributed by atoms with Gasteiger partial charge in [-0.15, -0.1) is 0 Å². The van der Waals surface area contributed by atoms with Crippen LogP contribution in [0.15, 0.2) is 24.4 Å². The van der Waals surface area contributed by atoms with Gasteiger partial charge in [-0.25, -0.2) is 9.97 Å². The zero-order valence-electron chi connectivity index (χ0n) is 16.7. The van der Waals surface area contributed by atoms with E-state index < -0.39 is 0 Å². The standard InChI is InChI=1S/C22H32N4O/c1-15(2)20(27)12-16-4-6-17(7-5-16)22-23-11-10-21(24-22)26-18-8-9-19(26)14-25(3)13-18/h10-11,16-19H,1,4-9,12-14H2,2-3H3/t16-,17+,18?,19?. The van der Waals surface area contributed by atoms with Gasteiger partial charge in [-0.05, 0) is 70.1 Å². The van der Waals surface area contributed by atoms with Gasteiger partial charge in [-0.3, -0.25) is 4.79 Å². The maximum absolute atomic E-state index is 11.9. The number of nitrogens with zero attached hydrogens (tertiary/aromatic N) is 4. The van der Waals surface area contributed by atoms with Crippen molar-refractivity contribution >= 4 is 11.6 Å². The highest BCUT2D eigenvalue weighted by Crippen LogP contribution is 2.38. The highest BCUT2D eigenvalue weighted by molar-refractivity contribution is 5.94. The van der Waals surface area contributed by atoms with E-state index in [-0.39, 0.29) is 5.78 Å². The van der Waals surface area contributed by atoms with Crippen LogP contribution in [0.3, 0.4) is 0 Å². The molecule has 1 aromatic rings. The number of hydrogen-bond donors (Lipinski definition) is 0. The van der Waals surface area contributed by atoms with Crippen molar-refractivity contribution in [1.82, 2.24) is 14.9 Å². The Morgan fingerprint density at radius 2 is 1.81 bits per heavy atom. The van der Waals surface area contributed by atoms with E-state index in [1.165, 1.54) is 12.8 Å². The number of Topliss-reactive ketones (excluding diaryl/α,β-unsaturated/α-hetero) is 1. The van der Waals surface area contributed by atoms with E-state index in [0.29, 0.717) is 35.9 Å². The number of fused-ring (bicyclic) bond motifs is 2. The van der Waals surface area contributed by atoms with Crippen molar-refractivity contribution < 1.29 is 4.79 Å². The first-order valence-corrected chi connectivity index (χ1v) is 10.5. The summed E-state index contributed by atoms with van der Waals surface area (Å²) in [5.41, 5.74) is 0.690. The quantitative estimate of drug-likeness (QED) is 0.744. The second-order valence-corrected chi connectivity index (χ2v) is 8.91. The molecule has 1 saturated carbocycles. The highest BCUT2D eigenvalue weighted by Gasteiger charge is 2.39. The molecule has 3 heterocycles. The number of piperazine rings is 1. The minimum absolute atomic E-state index is 0.224. The van der Waals surface area contributed by atoms with Crippen molar-refractivity contribution in [2.45, 2.75) is 69.9 Å². The minimum atomic E-state index is 0.224. The SMILES string of the molecule is C=C(C)C(=O)C[C@H]1CC[C@@H](c2nccc(N3C4CCC3CN(C)C4)n2)CC1. The van der Waals surface area contributed by atoms with Gasteiger partial charge in [0.1, 0.15) is 11.6 Å². The summed E-state index contributed by atoms with van der Waals surface area (Å²) in [5.74, 6) is 3.30. The third kappa shape index (κ3) is 3.93. The average molecular weight is 369 g/mol. The molecule has 1 aromatic heterocycles. The summed E-state index contributed by atoms with van der Waals surface area (Å²) >= 11 is 0. The van der Waals surface area contributed by atoms with E-state index >= 15 is 0 Å². The van der Waals surface area contributed by atoms with Crippen LogP contribution in [-0.2, 0) is 4.79 Å². The second kappa shape index (κ2) is 7.70. The number of likely N-dealkylation sites (tertiary alicyclic amines) is 1. The van der Waals surface area contributed by atoms with Crippen LogP contribution in [0.1, 0.15) is 63.6 Å². The molecule has 3 aliphatic rings. The summed E-state index contributed by atoms with van der Waals surface area (Å²) in [6.45, 7) is 7.87. The number of hydrogen-bond acceptors (Lipinski definition) is 5. The summed E-state index contributed by atoms with van der Waals surface area (Å²) in [6.07, 6.45) is 9.53. The van der Waals surface area contributed by atoms with Crippen molar-refractivity contribution in [3.05, 3.63) is 30.2 Å². The molecule has 0 spiro atoms. The van der Waals surface area contributed by atoms with E-state index in [4.69, 9.17) is 4.98 Å². The first-order chi connectivity index (χ1) is 13.0. The molecular formula is C22H32N4O. The molecular weight excluding hydrogens is 336 g/mol. The molecule has 5 heteroatoms. The molecule has 0 N–H and O–H groups in total. The normalized spacial score (nSPS) is 31.1. The van der Waals surface area contributed by atoms with E-state index in [1.54, 1.807) is 0 Å². The van der Waals surface area contributed by atoms with Gasteiger partial charge < -0.3 is 9.80 Å².